The van der Waals surface area contributed by atoms with E-state index in [9.17, 15) is 20.1 Å². The van der Waals surface area contributed by atoms with Crippen LogP contribution in [0.5, 0.6) is 0 Å². The first-order valence-electron chi connectivity index (χ1n) is 12.0. The molecule has 1 fully saturated rings. The van der Waals surface area contributed by atoms with Crippen molar-refractivity contribution in [2.24, 2.45) is 11.8 Å². The summed E-state index contributed by atoms with van der Waals surface area (Å²) < 4.78 is 5.51. The molecule has 0 bridgehead atoms. The van der Waals surface area contributed by atoms with Gasteiger partial charge < -0.3 is 25.2 Å². The van der Waals surface area contributed by atoms with Gasteiger partial charge in [0, 0.05) is 18.8 Å². The van der Waals surface area contributed by atoms with Gasteiger partial charge in [-0.25, -0.2) is 0 Å². The first-order chi connectivity index (χ1) is 14.8. The fourth-order valence-electron chi connectivity index (χ4n) is 4.52. The highest BCUT2D eigenvalue weighted by molar-refractivity contribution is 5.79. The summed E-state index contributed by atoms with van der Waals surface area (Å²) in [5.41, 5.74) is 0. The molecule has 0 spiro atoms. The number of aliphatic hydroxyl groups excluding tert-OH is 3. The number of hydrogen-bond acceptors (Lipinski definition) is 6. The lowest BCUT2D eigenvalue weighted by atomic mass is 9.87. The molecule has 0 radical (unpaired) electrons. The number of carbonyl (C=O) groups is 1. The lowest BCUT2D eigenvalue weighted by Crippen LogP contribution is -2.36. The lowest BCUT2D eigenvalue weighted by Gasteiger charge is -2.31. The van der Waals surface area contributed by atoms with E-state index in [0.29, 0.717) is 19.3 Å². The van der Waals surface area contributed by atoms with Crippen molar-refractivity contribution < 1.29 is 30.0 Å². The SMILES string of the molecule is C=COC1(O)CC[C@H](C=CCC(O)CCCCC(C)O)[C@H]1CCCCCCC(=O)CO. The maximum Gasteiger partial charge on any atom is 0.210 e. The Morgan fingerprint density at radius 2 is 1.87 bits per heavy atom. The summed E-state index contributed by atoms with van der Waals surface area (Å²) >= 11 is 0. The van der Waals surface area contributed by atoms with E-state index in [4.69, 9.17) is 9.84 Å². The normalized spacial score (nSPS) is 25.6. The van der Waals surface area contributed by atoms with Crippen molar-refractivity contribution in [3.05, 3.63) is 25.0 Å². The molecule has 1 aliphatic carbocycles. The molecule has 0 aliphatic heterocycles. The van der Waals surface area contributed by atoms with Crippen LogP contribution in [0, 0.1) is 11.8 Å². The summed E-state index contributed by atoms with van der Waals surface area (Å²) in [6.07, 6.45) is 15.0. The third-order valence-electron chi connectivity index (χ3n) is 6.32. The maximum atomic E-state index is 11.2. The van der Waals surface area contributed by atoms with Crippen molar-refractivity contribution in [1.29, 1.82) is 0 Å². The molecule has 180 valence electrons. The molecule has 6 heteroatoms. The molecule has 0 saturated heterocycles. The van der Waals surface area contributed by atoms with E-state index in [0.717, 1.165) is 64.2 Å². The molecule has 3 unspecified atom stereocenters. The van der Waals surface area contributed by atoms with Gasteiger partial charge in [-0.3, -0.25) is 4.79 Å². The number of carbonyl (C=O) groups excluding carboxylic acids is 1. The van der Waals surface area contributed by atoms with Gasteiger partial charge in [0.15, 0.2) is 5.78 Å². The molecule has 4 N–H and O–H groups in total. The van der Waals surface area contributed by atoms with Crippen molar-refractivity contribution >= 4 is 5.78 Å². The second-order valence-electron chi connectivity index (χ2n) is 9.04. The van der Waals surface area contributed by atoms with E-state index in [1.54, 1.807) is 6.92 Å². The average Bonchev–Trinajstić information content (AvgIpc) is 3.03. The van der Waals surface area contributed by atoms with E-state index in [2.05, 4.69) is 12.7 Å². The maximum absolute atomic E-state index is 11.2. The van der Waals surface area contributed by atoms with Crippen LogP contribution in [-0.2, 0) is 9.53 Å². The zero-order valence-corrected chi connectivity index (χ0v) is 19.3. The molecule has 6 nitrogen and oxygen atoms in total. The minimum atomic E-state index is -1.19. The van der Waals surface area contributed by atoms with E-state index in [-0.39, 0.29) is 36.4 Å². The van der Waals surface area contributed by atoms with Gasteiger partial charge in [-0.15, -0.1) is 0 Å². The predicted molar refractivity (Wildman–Crippen MR) is 122 cm³/mol. The van der Waals surface area contributed by atoms with Gasteiger partial charge in [-0.2, -0.15) is 0 Å². The first kappa shape index (κ1) is 27.8. The molecule has 0 aromatic heterocycles. The summed E-state index contributed by atoms with van der Waals surface area (Å²) in [4.78, 5) is 11.2. The van der Waals surface area contributed by atoms with Gasteiger partial charge in [-0.05, 0) is 51.4 Å². The number of unbranched alkanes of at least 4 members (excludes halogenated alkanes) is 4. The molecule has 31 heavy (non-hydrogen) atoms. The zero-order valence-electron chi connectivity index (χ0n) is 19.3. The number of rotatable bonds is 18. The van der Waals surface area contributed by atoms with Gasteiger partial charge in [0.2, 0.25) is 5.79 Å². The quantitative estimate of drug-likeness (QED) is 0.111. The Labute approximate surface area is 188 Å². The molecular formula is C25H44O6. The second-order valence-corrected chi connectivity index (χ2v) is 9.04. The average molecular weight is 441 g/mol. The zero-order chi connectivity index (χ0) is 23.1. The smallest absolute Gasteiger partial charge is 0.210 e. The number of aliphatic hydroxyl groups is 4. The second kappa shape index (κ2) is 15.6. The topological polar surface area (TPSA) is 107 Å². The first-order valence-corrected chi connectivity index (χ1v) is 12.0. The largest absolute Gasteiger partial charge is 0.470 e. The summed E-state index contributed by atoms with van der Waals surface area (Å²) in [7, 11) is 0. The van der Waals surface area contributed by atoms with Crippen LogP contribution in [-0.4, -0.2) is 50.8 Å². The third kappa shape index (κ3) is 11.3. The summed E-state index contributed by atoms with van der Waals surface area (Å²) in [6, 6.07) is 0. The number of hydrogen-bond donors (Lipinski definition) is 4. The minimum absolute atomic E-state index is 0.0241. The Morgan fingerprint density at radius 1 is 1.16 bits per heavy atom. The van der Waals surface area contributed by atoms with Crippen LogP contribution in [0.3, 0.4) is 0 Å². The Balaban J connectivity index is 2.44. The minimum Gasteiger partial charge on any atom is -0.470 e. The predicted octanol–water partition coefficient (Wildman–Crippen LogP) is 4.01. The summed E-state index contributed by atoms with van der Waals surface area (Å²) in [5, 5.41) is 39.2. The van der Waals surface area contributed by atoms with Crippen LogP contribution < -0.4 is 0 Å². The van der Waals surface area contributed by atoms with Gasteiger partial charge in [0.25, 0.3) is 0 Å². The number of ether oxygens (including phenoxy) is 1. The van der Waals surface area contributed by atoms with Crippen LogP contribution in [0.4, 0.5) is 0 Å². The van der Waals surface area contributed by atoms with Crippen LogP contribution >= 0.6 is 0 Å². The fraction of sp³-hybridized carbons (Fsp3) is 0.800. The van der Waals surface area contributed by atoms with E-state index < -0.39 is 5.79 Å². The van der Waals surface area contributed by atoms with Crippen molar-refractivity contribution in [1.82, 2.24) is 0 Å². The van der Waals surface area contributed by atoms with Crippen LogP contribution in [0.25, 0.3) is 0 Å². The van der Waals surface area contributed by atoms with Crippen molar-refractivity contribution in [2.45, 2.75) is 108 Å². The molecule has 1 rings (SSSR count). The molecule has 0 aromatic rings. The molecule has 0 heterocycles. The van der Waals surface area contributed by atoms with E-state index >= 15 is 0 Å². The molecule has 1 aliphatic rings. The molecule has 0 amide bonds. The molecular weight excluding hydrogens is 396 g/mol. The molecule has 1 saturated carbocycles. The summed E-state index contributed by atoms with van der Waals surface area (Å²) in [6.45, 7) is 5.01. The lowest BCUT2D eigenvalue weighted by molar-refractivity contribution is -0.195. The standard InChI is InChI=1S/C25H44O6/c1-3-31-25(30)18-17-21(12-10-15-22(28)13-9-8-11-20(2)27)24(25)16-7-5-4-6-14-23(29)19-26/h3,10,12,20-22,24,26-28,30H,1,4-9,11,13-19H2,2H3/t20?,21-,22?,24+,25?/m0/s1. The third-order valence-corrected chi connectivity index (χ3v) is 6.32. The Hall–Kier alpha value is -1.21. The Morgan fingerprint density at radius 3 is 2.55 bits per heavy atom. The number of Topliss-reactive ketones (excluding diaryl/α,β-unsaturated/α-hetero) is 1. The van der Waals surface area contributed by atoms with E-state index in [1.807, 2.05) is 6.08 Å². The van der Waals surface area contributed by atoms with Gasteiger partial charge in [-0.1, -0.05) is 50.8 Å². The van der Waals surface area contributed by atoms with E-state index in [1.165, 1.54) is 6.26 Å². The van der Waals surface area contributed by atoms with Gasteiger partial charge in [0.1, 0.15) is 6.61 Å². The highest BCUT2D eigenvalue weighted by Crippen LogP contribution is 2.45. The molecule has 0 aromatic carbocycles. The van der Waals surface area contributed by atoms with Gasteiger partial charge in [0.05, 0.1) is 18.5 Å². The van der Waals surface area contributed by atoms with Crippen molar-refractivity contribution in [3.8, 4) is 0 Å². The van der Waals surface area contributed by atoms with Crippen molar-refractivity contribution in [3.63, 3.8) is 0 Å². The molecule has 5 atom stereocenters. The number of allylic oxidation sites excluding steroid dienone is 1. The van der Waals surface area contributed by atoms with Crippen LogP contribution in [0.2, 0.25) is 0 Å². The van der Waals surface area contributed by atoms with Crippen LogP contribution in [0.1, 0.15) is 90.4 Å². The van der Waals surface area contributed by atoms with Gasteiger partial charge >= 0.3 is 0 Å². The Kier molecular flexibility index (Phi) is 14.0. The number of ketones is 1. The fourth-order valence-corrected chi connectivity index (χ4v) is 4.52. The summed E-state index contributed by atoms with van der Waals surface area (Å²) in [5.74, 6) is -1.13. The van der Waals surface area contributed by atoms with Crippen LogP contribution in [0.15, 0.2) is 25.0 Å². The monoisotopic (exact) mass is 440 g/mol. The van der Waals surface area contributed by atoms with Crippen molar-refractivity contribution in [2.75, 3.05) is 6.61 Å². The highest BCUT2D eigenvalue weighted by atomic mass is 16.6. The highest BCUT2D eigenvalue weighted by Gasteiger charge is 2.47. The Bertz CT molecular complexity index is 532.